The van der Waals surface area contributed by atoms with Crippen molar-refractivity contribution in [1.82, 2.24) is 5.32 Å². The summed E-state index contributed by atoms with van der Waals surface area (Å²) in [6.07, 6.45) is -1.30. The molecular formula is C12H19NO6. The van der Waals surface area contributed by atoms with Gasteiger partial charge in [0.15, 0.2) is 5.79 Å². The van der Waals surface area contributed by atoms with Crippen molar-refractivity contribution in [2.75, 3.05) is 13.2 Å². The molecule has 0 aromatic rings. The van der Waals surface area contributed by atoms with Crippen LogP contribution >= 0.6 is 0 Å². The highest BCUT2D eigenvalue weighted by molar-refractivity contribution is 5.73. The lowest BCUT2D eigenvalue weighted by Crippen LogP contribution is -2.65. The number of nitrogens with one attached hydrogen (secondary N) is 1. The average Bonchev–Trinajstić information content (AvgIpc) is 2.85. The third-order valence-electron chi connectivity index (χ3n) is 3.75. The van der Waals surface area contributed by atoms with Gasteiger partial charge in [0.05, 0.1) is 12.6 Å². The van der Waals surface area contributed by atoms with E-state index in [-0.39, 0.29) is 24.7 Å². The Bertz CT molecular complexity index is 400. The minimum absolute atomic E-state index is 0.163. The zero-order valence-corrected chi connectivity index (χ0v) is 11.2. The number of hydrogen-bond acceptors (Lipinski definition) is 6. The Morgan fingerprint density at radius 1 is 1.37 bits per heavy atom. The van der Waals surface area contributed by atoms with Gasteiger partial charge in [0.2, 0.25) is 11.7 Å². The lowest BCUT2D eigenvalue weighted by molar-refractivity contribution is -0.277. The van der Waals surface area contributed by atoms with E-state index in [2.05, 4.69) is 5.32 Å². The minimum Gasteiger partial charge on any atom is -0.391 e. The molecule has 0 aliphatic carbocycles. The van der Waals surface area contributed by atoms with Crippen LogP contribution in [0.15, 0.2) is 0 Å². The van der Waals surface area contributed by atoms with Crippen molar-refractivity contribution in [2.24, 2.45) is 0 Å². The van der Waals surface area contributed by atoms with Gasteiger partial charge in [-0.1, -0.05) is 0 Å². The Balaban J connectivity index is 1.92. The third-order valence-corrected chi connectivity index (χ3v) is 3.75. The van der Waals surface area contributed by atoms with Crippen LogP contribution in [0.3, 0.4) is 0 Å². The first-order valence-corrected chi connectivity index (χ1v) is 6.42. The molecule has 7 heteroatoms. The van der Waals surface area contributed by atoms with E-state index in [0.717, 1.165) is 0 Å². The Morgan fingerprint density at radius 2 is 2.11 bits per heavy atom. The molecule has 2 N–H and O–H groups in total. The summed E-state index contributed by atoms with van der Waals surface area (Å²) >= 11 is 0. The monoisotopic (exact) mass is 273 g/mol. The number of aliphatic hydroxyl groups excluding tert-OH is 1. The Hall–Kier alpha value is -0.730. The van der Waals surface area contributed by atoms with Crippen molar-refractivity contribution in [3.63, 3.8) is 0 Å². The second-order valence-corrected chi connectivity index (χ2v) is 5.68. The predicted octanol–water partition coefficient (Wildman–Crippen LogP) is -0.871. The van der Waals surface area contributed by atoms with E-state index in [1.807, 2.05) is 0 Å². The second-order valence-electron chi connectivity index (χ2n) is 5.68. The number of rotatable bonds is 2. The van der Waals surface area contributed by atoms with Gasteiger partial charge >= 0.3 is 0 Å². The molecule has 19 heavy (non-hydrogen) atoms. The molecule has 1 amide bonds. The molecule has 7 nitrogen and oxygen atoms in total. The van der Waals surface area contributed by atoms with Crippen LogP contribution in [0.2, 0.25) is 0 Å². The summed E-state index contributed by atoms with van der Waals surface area (Å²) in [6.45, 7) is 5.01. The van der Waals surface area contributed by atoms with Crippen LogP contribution in [0.1, 0.15) is 20.8 Å². The summed E-state index contributed by atoms with van der Waals surface area (Å²) in [5.74, 6) is -2.15. The van der Waals surface area contributed by atoms with Crippen LogP contribution in [-0.4, -0.2) is 60.2 Å². The summed E-state index contributed by atoms with van der Waals surface area (Å²) in [5, 5.41) is 12.4. The molecule has 0 spiro atoms. The Morgan fingerprint density at radius 3 is 2.74 bits per heavy atom. The standard InChI is InChI=1S/C12H19NO6/c1-6(15)13-8-7-4-16-12(5-14,17-7)10-9(8)18-11(2,3)19-10/h7-10,14H,4-5H2,1-3H3,(H,13,15)/t7-,8-,9+,10+,12+/m0/s1. The predicted molar refractivity (Wildman–Crippen MR) is 62.1 cm³/mol. The molecule has 0 unspecified atom stereocenters. The summed E-state index contributed by atoms with van der Waals surface area (Å²) in [4.78, 5) is 11.3. The van der Waals surface area contributed by atoms with E-state index in [1.54, 1.807) is 13.8 Å². The first kappa shape index (κ1) is 13.3. The van der Waals surface area contributed by atoms with Crippen molar-refractivity contribution in [1.29, 1.82) is 0 Å². The number of aliphatic hydroxyl groups is 1. The largest absolute Gasteiger partial charge is 0.391 e. The number of hydrogen-bond donors (Lipinski definition) is 2. The van der Waals surface area contributed by atoms with E-state index in [0.29, 0.717) is 6.61 Å². The number of ether oxygens (including phenoxy) is 4. The SMILES string of the molecule is CC(=O)N[C@@H]1[C@H]2OC(C)(C)O[C@H]2[C@]2(CO)OC[C@@H]1O2. The Kier molecular flexibility index (Phi) is 2.88. The van der Waals surface area contributed by atoms with E-state index in [4.69, 9.17) is 18.9 Å². The fourth-order valence-corrected chi connectivity index (χ4v) is 3.06. The van der Waals surface area contributed by atoms with Crippen molar-refractivity contribution < 1.29 is 28.8 Å². The van der Waals surface area contributed by atoms with Gasteiger partial charge in [-0.2, -0.15) is 0 Å². The molecule has 3 aliphatic rings. The maximum Gasteiger partial charge on any atom is 0.222 e. The molecule has 3 aliphatic heterocycles. The summed E-state index contributed by atoms with van der Waals surface area (Å²) in [5.41, 5.74) is 0. The summed E-state index contributed by atoms with van der Waals surface area (Å²) in [7, 11) is 0. The molecule has 3 fully saturated rings. The fourth-order valence-electron chi connectivity index (χ4n) is 3.06. The van der Waals surface area contributed by atoms with Gasteiger partial charge in [-0.3, -0.25) is 4.79 Å². The highest BCUT2D eigenvalue weighted by Gasteiger charge is 2.66. The van der Waals surface area contributed by atoms with Crippen LogP contribution in [0.25, 0.3) is 0 Å². The summed E-state index contributed by atoms with van der Waals surface area (Å²) in [6, 6.07) is -0.341. The second kappa shape index (κ2) is 4.13. The molecule has 0 aromatic carbocycles. The topological polar surface area (TPSA) is 86.3 Å². The number of fused-ring (bicyclic) bond motifs is 4. The number of carbonyl (C=O) groups excluding carboxylic acids is 1. The van der Waals surface area contributed by atoms with Crippen molar-refractivity contribution in [3.05, 3.63) is 0 Å². The lowest BCUT2D eigenvalue weighted by Gasteiger charge is -2.41. The van der Waals surface area contributed by atoms with Gasteiger partial charge in [-0.25, -0.2) is 0 Å². The normalized spacial score (nSPS) is 46.9. The lowest BCUT2D eigenvalue weighted by atomic mass is 9.93. The Labute approximate surface area is 111 Å². The van der Waals surface area contributed by atoms with Crippen LogP contribution in [0.4, 0.5) is 0 Å². The van der Waals surface area contributed by atoms with Gasteiger partial charge < -0.3 is 29.4 Å². The van der Waals surface area contributed by atoms with E-state index < -0.39 is 23.8 Å². The maximum atomic E-state index is 11.3. The zero-order chi connectivity index (χ0) is 13.8. The maximum absolute atomic E-state index is 11.3. The van der Waals surface area contributed by atoms with Crippen LogP contribution in [0, 0.1) is 0 Å². The first-order valence-electron chi connectivity index (χ1n) is 6.42. The fraction of sp³-hybridized carbons (Fsp3) is 0.917. The molecule has 3 heterocycles. The third kappa shape index (κ3) is 1.96. The molecule has 0 saturated carbocycles. The van der Waals surface area contributed by atoms with Gasteiger partial charge in [-0.05, 0) is 13.8 Å². The first-order chi connectivity index (χ1) is 8.87. The van der Waals surface area contributed by atoms with Crippen molar-refractivity contribution in [2.45, 2.75) is 56.7 Å². The highest BCUT2D eigenvalue weighted by Crippen LogP contribution is 2.46. The smallest absolute Gasteiger partial charge is 0.222 e. The summed E-state index contributed by atoms with van der Waals surface area (Å²) < 4.78 is 23.0. The van der Waals surface area contributed by atoms with Gasteiger partial charge in [-0.15, -0.1) is 0 Å². The van der Waals surface area contributed by atoms with E-state index in [9.17, 15) is 9.90 Å². The van der Waals surface area contributed by atoms with E-state index in [1.165, 1.54) is 6.92 Å². The van der Waals surface area contributed by atoms with Crippen LogP contribution in [-0.2, 0) is 23.7 Å². The molecular weight excluding hydrogens is 254 g/mol. The molecule has 0 aromatic heterocycles. The molecule has 3 rings (SSSR count). The minimum atomic E-state index is -1.18. The quantitative estimate of drug-likeness (QED) is 0.680. The van der Waals surface area contributed by atoms with E-state index >= 15 is 0 Å². The van der Waals surface area contributed by atoms with Crippen molar-refractivity contribution >= 4 is 5.91 Å². The molecule has 3 saturated heterocycles. The molecule has 108 valence electrons. The van der Waals surface area contributed by atoms with Gasteiger partial charge in [0.25, 0.3) is 0 Å². The van der Waals surface area contributed by atoms with Crippen LogP contribution in [0.5, 0.6) is 0 Å². The van der Waals surface area contributed by atoms with Gasteiger partial charge in [0.1, 0.15) is 24.9 Å². The van der Waals surface area contributed by atoms with Crippen molar-refractivity contribution in [3.8, 4) is 0 Å². The molecule has 5 atom stereocenters. The number of amides is 1. The van der Waals surface area contributed by atoms with Crippen LogP contribution < -0.4 is 5.32 Å². The molecule has 2 bridgehead atoms. The zero-order valence-electron chi connectivity index (χ0n) is 11.2. The molecule has 0 radical (unpaired) electrons. The highest BCUT2D eigenvalue weighted by atomic mass is 16.8. The van der Waals surface area contributed by atoms with Gasteiger partial charge in [0, 0.05) is 6.92 Å². The average molecular weight is 273 g/mol. The number of carbonyl (C=O) groups is 1.